The van der Waals surface area contributed by atoms with E-state index in [1.165, 1.54) is 11.3 Å². The van der Waals surface area contributed by atoms with Crippen molar-refractivity contribution in [2.75, 3.05) is 0 Å². The molecule has 5 rings (SSSR count). The number of thiazole rings is 1. The highest BCUT2D eigenvalue weighted by molar-refractivity contribution is 7.22. The fourth-order valence-corrected chi connectivity index (χ4v) is 4.68. The minimum atomic E-state index is 0.00973. The van der Waals surface area contributed by atoms with E-state index >= 15 is 0 Å². The van der Waals surface area contributed by atoms with Gasteiger partial charge in [0.25, 0.3) is 5.56 Å². The molecule has 2 aromatic carbocycles. The third-order valence-electron chi connectivity index (χ3n) is 4.41. The van der Waals surface area contributed by atoms with Crippen LogP contribution in [0.25, 0.3) is 31.7 Å². The summed E-state index contributed by atoms with van der Waals surface area (Å²) in [4.78, 5) is 22.1. The van der Waals surface area contributed by atoms with Gasteiger partial charge in [0.1, 0.15) is 5.01 Å². The van der Waals surface area contributed by atoms with Crippen molar-refractivity contribution in [2.24, 2.45) is 0 Å². The molecule has 0 radical (unpaired) electrons. The van der Waals surface area contributed by atoms with Crippen LogP contribution in [0.15, 0.2) is 41.5 Å². The quantitative estimate of drug-likeness (QED) is 0.467. The Hall–Kier alpha value is -1.95. The first-order valence-electron chi connectivity index (χ1n) is 7.87. The molecule has 4 nitrogen and oxygen atoms in total. The summed E-state index contributed by atoms with van der Waals surface area (Å²) < 4.78 is 2.60. The fourth-order valence-electron chi connectivity index (χ4n) is 2.99. The average molecular weight is 388 g/mol. The number of aromatic nitrogens is 3. The lowest BCUT2D eigenvalue weighted by Gasteiger charge is -2.04. The van der Waals surface area contributed by atoms with Crippen molar-refractivity contribution in [1.82, 2.24) is 14.5 Å². The number of hydrogen-bond donors (Lipinski definition) is 0. The molecule has 1 aliphatic rings. The number of nitrogens with zero attached hydrogens (tertiary/aromatic N) is 3. The Morgan fingerprint density at radius 3 is 2.68 bits per heavy atom. The molecule has 2 heterocycles. The monoisotopic (exact) mass is 387 g/mol. The van der Waals surface area contributed by atoms with Gasteiger partial charge in [0.15, 0.2) is 0 Å². The molecule has 1 fully saturated rings. The van der Waals surface area contributed by atoms with Crippen molar-refractivity contribution in [1.29, 1.82) is 0 Å². The molecule has 0 atom stereocenters. The van der Waals surface area contributed by atoms with E-state index in [-0.39, 0.29) is 11.6 Å². The maximum absolute atomic E-state index is 12.9. The highest BCUT2D eigenvalue weighted by Crippen LogP contribution is 2.38. The van der Waals surface area contributed by atoms with Crippen LogP contribution in [-0.4, -0.2) is 14.5 Å². The Kier molecular flexibility index (Phi) is 3.39. The Labute approximate surface area is 156 Å². The molecule has 0 bridgehead atoms. The number of fused-ring (bicyclic) bond motifs is 3. The SMILES string of the molecule is O=c1c2c(ccc3nc(-c4ccc(Cl)cc4Cl)sc32)ncn1C1CC1. The Bertz CT molecular complexity index is 1210. The van der Waals surface area contributed by atoms with Gasteiger partial charge in [-0.3, -0.25) is 9.36 Å². The predicted molar refractivity (Wildman–Crippen MR) is 103 cm³/mol. The lowest BCUT2D eigenvalue weighted by molar-refractivity contribution is 0.699. The summed E-state index contributed by atoms with van der Waals surface area (Å²) in [6.07, 6.45) is 3.74. The summed E-state index contributed by atoms with van der Waals surface area (Å²) in [6, 6.07) is 9.38. The summed E-state index contributed by atoms with van der Waals surface area (Å²) >= 11 is 13.8. The van der Waals surface area contributed by atoms with E-state index in [9.17, 15) is 4.79 Å². The Morgan fingerprint density at radius 1 is 1.12 bits per heavy atom. The van der Waals surface area contributed by atoms with Crippen LogP contribution < -0.4 is 5.56 Å². The molecule has 25 heavy (non-hydrogen) atoms. The van der Waals surface area contributed by atoms with Crippen molar-refractivity contribution < 1.29 is 0 Å². The van der Waals surface area contributed by atoms with Crippen molar-refractivity contribution in [3.8, 4) is 10.6 Å². The van der Waals surface area contributed by atoms with Gasteiger partial charge in [-0.05, 0) is 43.2 Å². The topological polar surface area (TPSA) is 47.8 Å². The van der Waals surface area contributed by atoms with E-state index in [0.29, 0.717) is 20.9 Å². The van der Waals surface area contributed by atoms with Gasteiger partial charge in [-0.15, -0.1) is 11.3 Å². The highest BCUT2D eigenvalue weighted by atomic mass is 35.5. The third-order valence-corrected chi connectivity index (χ3v) is 6.08. The Morgan fingerprint density at radius 2 is 1.92 bits per heavy atom. The van der Waals surface area contributed by atoms with E-state index in [1.54, 1.807) is 23.0 Å². The van der Waals surface area contributed by atoms with Gasteiger partial charge in [0.2, 0.25) is 0 Å². The lowest BCUT2D eigenvalue weighted by Crippen LogP contribution is -2.19. The second-order valence-corrected chi connectivity index (χ2v) is 7.98. The molecule has 0 spiro atoms. The van der Waals surface area contributed by atoms with Crippen LogP contribution in [-0.2, 0) is 0 Å². The zero-order valence-corrected chi connectivity index (χ0v) is 15.2. The van der Waals surface area contributed by atoms with Crippen molar-refractivity contribution in [3.63, 3.8) is 0 Å². The van der Waals surface area contributed by atoms with Gasteiger partial charge in [0, 0.05) is 16.6 Å². The van der Waals surface area contributed by atoms with Crippen LogP contribution in [0.1, 0.15) is 18.9 Å². The van der Waals surface area contributed by atoms with Crippen LogP contribution in [0, 0.1) is 0 Å². The molecule has 0 amide bonds. The second kappa shape index (κ2) is 5.53. The fraction of sp³-hybridized carbons (Fsp3) is 0.167. The first-order chi connectivity index (χ1) is 12.1. The van der Waals surface area contributed by atoms with Crippen LogP contribution in [0.4, 0.5) is 0 Å². The van der Waals surface area contributed by atoms with Gasteiger partial charge < -0.3 is 0 Å². The maximum Gasteiger partial charge on any atom is 0.262 e. The van der Waals surface area contributed by atoms with Gasteiger partial charge in [0.05, 0.1) is 32.5 Å². The third kappa shape index (κ3) is 2.46. The predicted octanol–water partition coefficient (Wildman–Crippen LogP) is 5.31. The van der Waals surface area contributed by atoms with Crippen molar-refractivity contribution >= 4 is 55.7 Å². The van der Waals surface area contributed by atoms with E-state index in [4.69, 9.17) is 23.2 Å². The number of hydrogen-bond acceptors (Lipinski definition) is 4. The zero-order valence-electron chi connectivity index (χ0n) is 12.9. The van der Waals surface area contributed by atoms with Gasteiger partial charge in [-0.1, -0.05) is 23.2 Å². The van der Waals surface area contributed by atoms with Gasteiger partial charge in [-0.25, -0.2) is 9.97 Å². The van der Waals surface area contributed by atoms with E-state index in [1.807, 2.05) is 18.2 Å². The summed E-state index contributed by atoms with van der Waals surface area (Å²) in [7, 11) is 0. The minimum absolute atomic E-state index is 0.00973. The molecule has 0 saturated heterocycles. The molecule has 0 aliphatic heterocycles. The second-order valence-electron chi connectivity index (χ2n) is 6.14. The molecule has 0 unspecified atom stereocenters. The first-order valence-corrected chi connectivity index (χ1v) is 9.45. The maximum atomic E-state index is 12.9. The molecule has 1 saturated carbocycles. The number of benzene rings is 2. The molecule has 124 valence electrons. The van der Waals surface area contributed by atoms with E-state index in [2.05, 4.69) is 9.97 Å². The zero-order chi connectivity index (χ0) is 17.1. The largest absolute Gasteiger partial charge is 0.296 e. The molecule has 4 aromatic rings. The molecule has 1 aliphatic carbocycles. The normalized spacial score (nSPS) is 14.5. The first kappa shape index (κ1) is 15.3. The van der Waals surface area contributed by atoms with Crippen molar-refractivity contribution in [3.05, 3.63) is 57.1 Å². The smallest absolute Gasteiger partial charge is 0.262 e. The number of halogens is 2. The van der Waals surface area contributed by atoms with Crippen LogP contribution in [0.3, 0.4) is 0 Å². The van der Waals surface area contributed by atoms with Gasteiger partial charge >= 0.3 is 0 Å². The van der Waals surface area contributed by atoms with Crippen molar-refractivity contribution in [2.45, 2.75) is 18.9 Å². The van der Waals surface area contributed by atoms with Crippen LogP contribution in [0.2, 0.25) is 10.0 Å². The number of rotatable bonds is 2. The highest BCUT2D eigenvalue weighted by Gasteiger charge is 2.26. The summed E-state index contributed by atoms with van der Waals surface area (Å²) in [6.45, 7) is 0. The minimum Gasteiger partial charge on any atom is -0.296 e. The van der Waals surface area contributed by atoms with E-state index < -0.39 is 0 Å². The van der Waals surface area contributed by atoms with Crippen LogP contribution in [0.5, 0.6) is 0 Å². The molecule has 0 N–H and O–H groups in total. The lowest BCUT2D eigenvalue weighted by atomic mass is 10.2. The molecule has 7 heteroatoms. The average Bonchev–Trinajstić information content (AvgIpc) is 3.33. The molecule has 2 aromatic heterocycles. The standard InChI is InChI=1S/C18H11Cl2N3OS/c19-9-1-4-11(12(20)7-9)17-22-14-6-5-13-15(16(14)25-17)18(24)23(8-21-13)10-2-3-10/h1,4-8,10H,2-3H2. The van der Waals surface area contributed by atoms with E-state index in [0.717, 1.165) is 33.6 Å². The summed E-state index contributed by atoms with van der Waals surface area (Å²) in [5, 5.41) is 2.53. The van der Waals surface area contributed by atoms with Crippen LogP contribution >= 0.6 is 34.5 Å². The molecular formula is C18H11Cl2N3OS. The Balaban J connectivity index is 1.80. The summed E-state index contributed by atoms with van der Waals surface area (Å²) in [5.41, 5.74) is 2.31. The van der Waals surface area contributed by atoms with Gasteiger partial charge in [-0.2, -0.15) is 0 Å². The molecular weight excluding hydrogens is 377 g/mol. The summed E-state index contributed by atoms with van der Waals surface area (Å²) in [5.74, 6) is 0.